The summed E-state index contributed by atoms with van der Waals surface area (Å²) in [6.07, 6.45) is 1.24. The molecule has 0 unspecified atom stereocenters. The minimum Gasteiger partial charge on any atom is -0.457 e. The number of ether oxygens (including phenoxy) is 1. The van der Waals surface area contributed by atoms with Gasteiger partial charge >= 0.3 is 5.97 Å². The lowest BCUT2D eigenvalue weighted by Crippen LogP contribution is -2.22. The molecule has 0 aliphatic rings. The van der Waals surface area contributed by atoms with Crippen molar-refractivity contribution in [3.05, 3.63) is 11.5 Å². The van der Waals surface area contributed by atoms with Crippen LogP contribution in [-0.4, -0.2) is 11.6 Å². The van der Waals surface area contributed by atoms with Gasteiger partial charge in [0.25, 0.3) is 0 Å². The van der Waals surface area contributed by atoms with Crippen LogP contribution >= 0.6 is 11.8 Å². The largest absolute Gasteiger partial charge is 0.457 e. The Hall–Kier alpha value is -0.950. The molecule has 0 radical (unpaired) electrons. The maximum atomic E-state index is 10.9. The van der Waals surface area contributed by atoms with Crippen molar-refractivity contribution in [1.82, 2.24) is 0 Å². The summed E-state index contributed by atoms with van der Waals surface area (Å²) < 4.78 is 4.94. The molecule has 0 aliphatic carbocycles. The Kier molecular flexibility index (Phi) is 4.45. The van der Waals surface area contributed by atoms with Crippen molar-refractivity contribution in [1.29, 1.82) is 5.26 Å². The lowest BCUT2D eigenvalue weighted by molar-refractivity contribution is -0.148. The van der Waals surface area contributed by atoms with E-state index < -0.39 is 11.6 Å². The van der Waals surface area contributed by atoms with Crippen molar-refractivity contribution in [3.8, 4) is 5.40 Å². The Bertz CT molecular complexity index is 222. The number of carbonyl (C=O) groups excluding carboxylic acids is 1. The second-order valence-corrected chi connectivity index (χ2v) is 3.74. The monoisotopic (exact) mass is 185 g/mol. The van der Waals surface area contributed by atoms with Gasteiger partial charge < -0.3 is 4.74 Å². The maximum absolute atomic E-state index is 10.9. The standard InChI is InChI=1S/C8H11NO2S/c1-8(2,3)11-7(10)4-5-12-6-9/h4-5H,1-3H3/b5-4-. The van der Waals surface area contributed by atoms with E-state index in [4.69, 9.17) is 10.00 Å². The summed E-state index contributed by atoms with van der Waals surface area (Å²) in [5.41, 5.74) is -0.473. The highest BCUT2D eigenvalue weighted by Gasteiger charge is 2.13. The van der Waals surface area contributed by atoms with E-state index in [-0.39, 0.29) is 0 Å². The second-order valence-electron chi connectivity index (χ2n) is 3.05. The van der Waals surface area contributed by atoms with Gasteiger partial charge in [0.15, 0.2) is 0 Å². The lowest BCUT2D eigenvalue weighted by atomic mass is 10.2. The van der Waals surface area contributed by atoms with Crippen LogP contribution in [-0.2, 0) is 9.53 Å². The molecule has 4 heteroatoms. The van der Waals surface area contributed by atoms with E-state index in [9.17, 15) is 4.79 Å². The lowest BCUT2D eigenvalue weighted by Gasteiger charge is -2.17. The van der Waals surface area contributed by atoms with Crippen LogP contribution < -0.4 is 0 Å². The normalized spacial score (nSPS) is 11.2. The number of hydrogen-bond acceptors (Lipinski definition) is 4. The second kappa shape index (κ2) is 4.83. The fraction of sp³-hybridized carbons (Fsp3) is 0.500. The van der Waals surface area contributed by atoms with Crippen LogP contribution in [0.4, 0.5) is 0 Å². The highest BCUT2D eigenvalue weighted by atomic mass is 32.2. The van der Waals surface area contributed by atoms with E-state index in [1.165, 1.54) is 11.5 Å². The molecule has 66 valence electrons. The summed E-state index contributed by atoms with van der Waals surface area (Å²) in [5.74, 6) is -0.426. The Morgan fingerprint density at radius 2 is 2.17 bits per heavy atom. The third-order valence-corrected chi connectivity index (χ3v) is 1.11. The first-order valence-corrected chi connectivity index (χ1v) is 4.28. The zero-order valence-corrected chi connectivity index (χ0v) is 8.14. The molecule has 0 N–H and O–H groups in total. The van der Waals surface area contributed by atoms with Gasteiger partial charge in [-0.15, -0.1) is 0 Å². The minimum absolute atomic E-state index is 0.426. The Morgan fingerprint density at radius 1 is 1.58 bits per heavy atom. The molecule has 0 atom stereocenters. The molecule has 0 saturated carbocycles. The molecule has 0 saturated heterocycles. The van der Waals surface area contributed by atoms with E-state index in [1.807, 2.05) is 5.40 Å². The maximum Gasteiger partial charge on any atom is 0.331 e. The smallest absolute Gasteiger partial charge is 0.331 e. The van der Waals surface area contributed by atoms with Crippen LogP contribution in [0.1, 0.15) is 20.8 Å². The quantitative estimate of drug-likeness (QED) is 0.375. The van der Waals surface area contributed by atoms with Crippen LogP contribution in [0.15, 0.2) is 11.5 Å². The molecule has 0 heterocycles. The Balaban J connectivity index is 3.84. The molecule has 0 amide bonds. The van der Waals surface area contributed by atoms with Crippen molar-refractivity contribution in [2.24, 2.45) is 0 Å². The van der Waals surface area contributed by atoms with Gasteiger partial charge in [-0.3, -0.25) is 0 Å². The van der Waals surface area contributed by atoms with Gasteiger partial charge in [0.05, 0.1) is 0 Å². The van der Waals surface area contributed by atoms with Gasteiger partial charge in [0.2, 0.25) is 0 Å². The van der Waals surface area contributed by atoms with Crippen molar-refractivity contribution in [2.45, 2.75) is 26.4 Å². The average molecular weight is 185 g/mol. The van der Waals surface area contributed by atoms with E-state index in [1.54, 1.807) is 20.8 Å². The fourth-order valence-electron chi connectivity index (χ4n) is 0.456. The Morgan fingerprint density at radius 3 is 2.58 bits per heavy atom. The highest BCUT2D eigenvalue weighted by molar-refractivity contribution is 8.06. The summed E-state index contributed by atoms with van der Waals surface area (Å²) in [7, 11) is 0. The zero-order valence-electron chi connectivity index (χ0n) is 7.33. The van der Waals surface area contributed by atoms with Gasteiger partial charge in [0.1, 0.15) is 11.0 Å². The molecule has 12 heavy (non-hydrogen) atoms. The number of thiocyanates is 1. The molecular weight excluding hydrogens is 174 g/mol. The summed E-state index contributed by atoms with van der Waals surface area (Å²) in [4.78, 5) is 10.9. The first-order chi connectivity index (χ1) is 5.45. The molecular formula is C8H11NO2S. The average Bonchev–Trinajstić information content (AvgIpc) is 1.84. The minimum atomic E-state index is -0.473. The summed E-state index contributed by atoms with van der Waals surface area (Å²) in [5, 5.41) is 11.3. The molecule has 0 aliphatic heterocycles. The fourth-order valence-corrected chi connectivity index (χ4v) is 0.696. The summed E-state index contributed by atoms with van der Waals surface area (Å²) in [6.45, 7) is 5.36. The predicted molar refractivity (Wildman–Crippen MR) is 48.2 cm³/mol. The van der Waals surface area contributed by atoms with Gasteiger partial charge in [-0.05, 0) is 37.9 Å². The predicted octanol–water partition coefficient (Wildman–Crippen LogP) is 2.06. The molecule has 0 fully saturated rings. The van der Waals surface area contributed by atoms with Crippen LogP contribution in [0.2, 0.25) is 0 Å². The van der Waals surface area contributed by atoms with Crippen LogP contribution in [0, 0.1) is 10.7 Å². The third-order valence-electron chi connectivity index (χ3n) is 0.732. The van der Waals surface area contributed by atoms with Crippen molar-refractivity contribution in [3.63, 3.8) is 0 Å². The van der Waals surface area contributed by atoms with Crippen LogP contribution in [0.5, 0.6) is 0 Å². The number of thioether (sulfide) groups is 1. The third kappa shape index (κ3) is 7.16. The van der Waals surface area contributed by atoms with Gasteiger partial charge in [-0.2, -0.15) is 5.26 Å². The van der Waals surface area contributed by atoms with E-state index in [0.717, 1.165) is 11.8 Å². The van der Waals surface area contributed by atoms with Crippen LogP contribution in [0.3, 0.4) is 0 Å². The van der Waals surface area contributed by atoms with Gasteiger partial charge in [-0.1, -0.05) is 0 Å². The molecule has 3 nitrogen and oxygen atoms in total. The molecule has 0 bridgehead atoms. The number of hydrogen-bond donors (Lipinski definition) is 0. The van der Waals surface area contributed by atoms with Gasteiger partial charge in [-0.25, -0.2) is 4.79 Å². The van der Waals surface area contributed by atoms with Crippen molar-refractivity contribution < 1.29 is 9.53 Å². The first-order valence-electron chi connectivity index (χ1n) is 3.40. The van der Waals surface area contributed by atoms with E-state index in [2.05, 4.69) is 0 Å². The topological polar surface area (TPSA) is 50.1 Å². The number of rotatable bonds is 2. The SMILES string of the molecule is CC(C)(C)OC(=O)/C=C\SC#N. The molecule has 0 aromatic heterocycles. The van der Waals surface area contributed by atoms with Crippen molar-refractivity contribution in [2.75, 3.05) is 0 Å². The number of carbonyl (C=O) groups is 1. The molecule has 0 aromatic rings. The first kappa shape index (κ1) is 11.1. The van der Waals surface area contributed by atoms with Gasteiger partial charge in [0, 0.05) is 6.08 Å². The number of esters is 1. The Labute approximate surface area is 76.4 Å². The molecule has 0 spiro atoms. The van der Waals surface area contributed by atoms with Crippen molar-refractivity contribution >= 4 is 17.7 Å². The molecule has 0 rings (SSSR count). The van der Waals surface area contributed by atoms with Crippen LogP contribution in [0.25, 0.3) is 0 Å². The highest BCUT2D eigenvalue weighted by Crippen LogP contribution is 2.08. The zero-order chi connectivity index (χ0) is 9.61. The summed E-state index contributed by atoms with van der Waals surface area (Å²) in [6, 6.07) is 0. The summed E-state index contributed by atoms with van der Waals surface area (Å²) >= 11 is 0.887. The molecule has 0 aromatic carbocycles. The van der Waals surface area contributed by atoms with E-state index >= 15 is 0 Å². The van der Waals surface area contributed by atoms with E-state index in [0.29, 0.717) is 0 Å². The number of nitriles is 1. The number of nitrogens with zero attached hydrogens (tertiary/aromatic N) is 1.